The molecule has 6 rings (SSSR count). The van der Waals surface area contributed by atoms with E-state index in [0.29, 0.717) is 11.7 Å². The van der Waals surface area contributed by atoms with Crippen molar-refractivity contribution in [1.29, 1.82) is 0 Å². The number of aromatic nitrogens is 1. The van der Waals surface area contributed by atoms with Crippen LogP contribution < -0.4 is 0 Å². The van der Waals surface area contributed by atoms with E-state index in [4.69, 9.17) is 0 Å². The summed E-state index contributed by atoms with van der Waals surface area (Å²) in [6, 6.07) is 6.58. The lowest BCUT2D eigenvalue weighted by Crippen LogP contribution is -2.47. The minimum Gasteiger partial charge on any atom is -0.508 e. The van der Waals surface area contributed by atoms with Gasteiger partial charge in [-0.25, -0.2) is 0 Å². The first-order chi connectivity index (χ1) is 11.2. The van der Waals surface area contributed by atoms with Crippen molar-refractivity contribution in [2.24, 2.45) is 11.8 Å². The van der Waals surface area contributed by atoms with E-state index >= 15 is 0 Å². The first-order valence-electron chi connectivity index (χ1n) is 9.30. The summed E-state index contributed by atoms with van der Waals surface area (Å²) in [5.74, 6) is 2.83. The highest BCUT2D eigenvalue weighted by Gasteiger charge is 2.43. The number of rotatable bonds is 1. The predicted molar refractivity (Wildman–Crippen MR) is 92.9 cm³/mol. The normalized spacial score (nSPS) is 35.8. The lowest BCUT2D eigenvalue weighted by Gasteiger charge is -2.42. The molecule has 3 nitrogen and oxygen atoms in total. The molecule has 3 fully saturated rings. The van der Waals surface area contributed by atoms with Crippen LogP contribution in [-0.4, -0.2) is 34.1 Å². The maximum absolute atomic E-state index is 9.90. The summed E-state index contributed by atoms with van der Waals surface area (Å²) in [7, 11) is 0. The molecule has 3 unspecified atom stereocenters. The van der Waals surface area contributed by atoms with E-state index in [1.165, 1.54) is 60.9 Å². The van der Waals surface area contributed by atoms with Crippen LogP contribution in [0.15, 0.2) is 18.2 Å². The van der Waals surface area contributed by atoms with E-state index in [2.05, 4.69) is 16.8 Å². The molecule has 3 aliphatic heterocycles. The highest BCUT2D eigenvalue weighted by atomic mass is 16.3. The predicted octanol–water partition coefficient (Wildman–Crippen LogP) is 4.02. The van der Waals surface area contributed by atoms with E-state index in [1.54, 1.807) is 6.07 Å². The van der Waals surface area contributed by atoms with Crippen molar-refractivity contribution in [3.8, 4) is 5.75 Å². The van der Waals surface area contributed by atoms with Crippen molar-refractivity contribution in [3.63, 3.8) is 0 Å². The average Bonchev–Trinajstić information content (AvgIpc) is 2.70. The Hall–Kier alpha value is -1.48. The van der Waals surface area contributed by atoms with Gasteiger partial charge in [-0.1, -0.05) is 13.3 Å². The standard InChI is InChI=1S/C20H26N2O/c1-2-13-7-12-8-14-9-19(13)22(11-12)6-5-16-17-10-15(23)3-4-18(17)21-20(14)16/h3-4,10,12-14,19,21,23H,2,5-9,11H2,1H3/t12?,13-,14+,19?/m0/s1. The molecule has 2 aromatic rings. The van der Waals surface area contributed by atoms with E-state index in [1.807, 2.05) is 12.1 Å². The van der Waals surface area contributed by atoms with Gasteiger partial charge in [-0.3, -0.25) is 4.90 Å². The summed E-state index contributed by atoms with van der Waals surface area (Å²) in [5.41, 5.74) is 4.16. The van der Waals surface area contributed by atoms with Crippen molar-refractivity contribution in [1.82, 2.24) is 9.88 Å². The third kappa shape index (κ3) is 2.06. The molecule has 1 aromatic carbocycles. The number of phenolic OH excluding ortho intramolecular Hbond substituents is 1. The summed E-state index contributed by atoms with van der Waals surface area (Å²) in [6.07, 6.45) is 6.55. The molecular weight excluding hydrogens is 284 g/mol. The minimum atomic E-state index is 0.385. The van der Waals surface area contributed by atoms with Crippen LogP contribution in [0, 0.1) is 11.8 Å². The van der Waals surface area contributed by atoms with Crippen molar-refractivity contribution in [2.75, 3.05) is 13.1 Å². The number of hydrogen-bond donors (Lipinski definition) is 2. The third-order valence-electron chi connectivity index (χ3n) is 6.79. The summed E-state index contributed by atoms with van der Waals surface area (Å²) < 4.78 is 0. The molecule has 1 saturated carbocycles. The molecule has 0 amide bonds. The largest absolute Gasteiger partial charge is 0.508 e. The number of H-pyrrole nitrogens is 1. The van der Waals surface area contributed by atoms with Crippen LogP contribution in [0.3, 0.4) is 0 Å². The van der Waals surface area contributed by atoms with Crippen molar-refractivity contribution in [3.05, 3.63) is 29.5 Å². The number of aromatic amines is 1. The lowest BCUT2D eigenvalue weighted by molar-refractivity contribution is 0.0683. The monoisotopic (exact) mass is 310 g/mol. The second kappa shape index (κ2) is 5.01. The van der Waals surface area contributed by atoms with Gasteiger partial charge < -0.3 is 10.1 Å². The number of piperidine rings is 1. The molecule has 23 heavy (non-hydrogen) atoms. The molecule has 3 heteroatoms. The molecule has 122 valence electrons. The topological polar surface area (TPSA) is 39.3 Å². The zero-order valence-corrected chi connectivity index (χ0v) is 13.9. The Morgan fingerprint density at radius 3 is 3.04 bits per heavy atom. The molecule has 5 atom stereocenters. The van der Waals surface area contributed by atoms with Crippen molar-refractivity contribution < 1.29 is 5.11 Å². The number of aromatic hydroxyl groups is 1. The maximum Gasteiger partial charge on any atom is 0.116 e. The average molecular weight is 310 g/mol. The number of nitrogens with zero attached hydrogens (tertiary/aromatic N) is 1. The van der Waals surface area contributed by atoms with Gasteiger partial charge in [0.15, 0.2) is 0 Å². The fraction of sp³-hybridized carbons (Fsp3) is 0.600. The van der Waals surface area contributed by atoms with Crippen LogP contribution in [0.25, 0.3) is 10.9 Å². The fourth-order valence-electron chi connectivity index (χ4n) is 5.79. The van der Waals surface area contributed by atoms with Gasteiger partial charge in [-0.2, -0.15) is 0 Å². The van der Waals surface area contributed by atoms with E-state index < -0.39 is 0 Å². The lowest BCUT2D eigenvalue weighted by atomic mass is 9.82. The van der Waals surface area contributed by atoms with Gasteiger partial charge in [0.1, 0.15) is 5.75 Å². The van der Waals surface area contributed by atoms with Crippen LogP contribution in [0.2, 0.25) is 0 Å². The number of hydrogen-bond acceptors (Lipinski definition) is 2. The Labute approximate surface area is 137 Å². The number of nitrogens with one attached hydrogen (secondary N) is 1. The number of fused-ring (bicyclic) bond motifs is 4. The third-order valence-corrected chi connectivity index (χ3v) is 6.79. The first-order valence-corrected chi connectivity index (χ1v) is 9.30. The fourth-order valence-corrected chi connectivity index (χ4v) is 5.79. The summed E-state index contributed by atoms with van der Waals surface area (Å²) in [6.45, 7) is 4.87. The summed E-state index contributed by atoms with van der Waals surface area (Å²) in [5, 5.41) is 11.1. The zero-order valence-electron chi connectivity index (χ0n) is 13.9. The van der Waals surface area contributed by atoms with Gasteiger partial charge in [-0.15, -0.1) is 0 Å². The molecule has 2 saturated heterocycles. The summed E-state index contributed by atoms with van der Waals surface area (Å²) in [4.78, 5) is 6.54. The van der Waals surface area contributed by atoms with Gasteiger partial charge in [0, 0.05) is 41.6 Å². The molecule has 0 radical (unpaired) electrons. The highest BCUT2D eigenvalue weighted by Crippen LogP contribution is 2.47. The van der Waals surface area contributed by atoms with Crippen molar-refractivity contribution >= 4 is 10.9 Å². The minimum absolute atomic E-state index is 0.385. The van der Waals surface area contributed by atoms with Crippen LogP contribution in [-0.2, 0) is 6.42 Å². The Bertz CT molecular complexity index is 749. The van der Waals surface area contributed by atoms with E-state index in [0.717, 1.165) is 24.3 Å². The molecule has 2 N–H and O–H groups in total. The van der Waals surface area contributed by atoms with Gasteiger partial charge in [0.2, 0.25) is 0 Å². The van der Waals surface area contributed by atoms with E-state index in [9.17, 15) is 5.11 Å². The van der Waals surface area contributed by atoms with Gasteiger partial charge in [0.25, 0.3) is 0 Å². The van der Waals surface area contributed by atoms with Gasteiger partial charge in [-0.05, 0) is 61.3 Å². The van der Waals surface area contributed by atoms with Crippen LogP contribution in [0.4, 0.5) is 0 Å². The first kappa shape index (κ1) is 13.9. The maximum atomic E-state index is 9.90. The van der Waals surface area contributed by atoms with Crippen LogP contribution in [0.5, 0.6) is 5.75 Å². The molecule has 4 bridgehead atoms. The summed E-state index contributed by atoms with van der Waals surface area (Å²) >= 11 is 0. The Balaban J connectivity index is 1.65. The zero-order chi connectivity index (χ0) is 15.6. The second-order valence-electron chi connectivity index (χ2n) is 8.00. The molecule has 4 aliphatic rings. The smallest absolute Gasteiger partial charge is 0.116 e. The molecular formula is C20H26N2O. The van der Waals surface area contributed by atoms with Crippen LogP contribution in [0.1, 0.15) is 49.8 Å². The van der Waals surface area contributed by atoms with Gasteiger partial charge >= 0.3 is 0 Å². The number of benzene rings is 1. The second-order valence-corrected chi connectivity index (χ2v) is 8.00. The SMILES string of the molecule is CC[C@H]1CC2C[C@@H]3CC1N(CCc1c3[nH]c3ccc(O)cc13)C2. The molecule has 0 spiro atoms. The molecule has 1 aromatic heterocycles. The Morgan fingerprint density at radius 2 is 2.17 bits per heavy atom. The molecule has 4 heterocycles. The van der Waals surface area contributed by atoms with Gasteiger partial charge in [0.05, 0.1) is 0 Å². The highest BCUT2D eigenvalue weighted by molar-refractivity contribution is 5.86. The quantitative estimate of drug-likeness (QED) is 0.835. The number of phenols is 1. The molecule has 1 aliphatic carbocycles. The van der Waals surface area contributed by atoms with Crippen LogP contribution >= 0.6 is 0 Å². The van der Waals surface area contributed by atoms with Crippen molar-refractivity contribution in [2.45, 2.75) is 51.0 Å². The van der Waals surface area contributed by atoms with E-state index in [-0.39, 0.29) is 0 Å². The Morgan fingerprint density at radius 1 is 1.26 bits per heavy atom. The Kier molecular flexibility index (Phi) is 3.03.